The molecule has 2 aliphatic rings. The first-order valence-electron chi connectivity index (χ1n) is 10.4. The number of pyridine rings is 1. The third-order valence-electron chi connectivity index (χ3n) is 5.77. The maximum atomic E-state index is 13.0. The first-order chi connectivity index (χ1) is 14.7. The van der Waals surface area contributed by atoms with Crippen molar-refractivity contribution in [2.75, 3.05) is 13.2 Å². The van der Waals surface area contributed by atoms with Gasteiger partial charge in [0.25, 0.3) is 5.91 Å². The van der Waals surface area contributed by atoms with E-state index in [-0.39, 0.29) is 11.9 Å². The van der Waals surface area contributed by atoms with Crippen LogP contribution < -0.4 is 5.32 Å². The highest BCUT2D eigenvalue weighted by Gasteiger charge is 2.40. The molecule has 0 bridgehead atoms. The van der Waals surface area contributed by atoms with E-state index in [0.717, 1.165) is 36.9 Å². The van der Waals surface area contributed by atoms with Gasteiger partial charge in [-0.25, -0.2) is 9.67 Å². The number of benzene rings is 1. The zero-order valence-electron chi connectivity index (χ0n) is 16.7. The fraction of sp³-hybridized carbons (Fsp3) is 0.348. The number of rotatable bonds is 4. The Balaban J connectivity index is 1.37. The molecule has 0 unspecified atom stereocenters. The minimum atomic E-state index is -0.428. The number of ether oxygens (including phenoxy) is 2. The minimum Gasteiger partial charge on any atom is -0.348 e. The molecule has 1 aliphatic carbocycles. The number of nitrogens with zero attached hydrogens (tertiary/aromatic N) is 3. The van der Waals surface area contributed by atoms with Gasteiger partial charge >= 0.3 is 0 Å². The second kappa shape index (κ2) is 8.01. The van der Waals surface area contributed by atoms with Gasteiger partial charge in [-0.15, -0.1) is 0 Å². The lowest BCUT2D eigenvalue weighted by atomic mass is 9.90. The number of amides is 1. The number of carbonyl (C=O) groups excluding carboxylic acids is 1. The zero-order valence-corrected chi connectivity index (χ0v) is 16.7. The largest absolute Gasteiger partial charge is 0.348 e. The second-order valence-corrected chi connectivity index (χ2v) is 7.74. The molecular formula is C23H24N4O3. The monoisotopic (exact) mass is 404 g/mol. The highest BCUT2D eigenvalue weighted by atomic mass is 16.7. The van der Waals surface area contributed by atoms with Crippen molar-refractivity contribution in [1.82, 2.24) is 20.1 Å². The molecule has 2 fully saturated rings. The van der Waals surface area contributed by atoms with Crippen LogP contribution in [0.25, 0.3) is 17.1 Å². The summed E-state index contributed by atoms with van der Waals surface area (Å²) in [5, 5.41) is 7.72. The molecule has 0 radical (unpaired) electrons. The van der Waals surface area contributed by atoms with Crippen molar-refractivity contribution >= 4 is 5.91 Å². The Hall–Kier alpha value is -3.03. The van der Waals surface area contributed by atoms with Crippen molar-refractivity contribution < 1.29 is 14.3 Å². The van der Waals surface area contributed by atoms with Crippen molar-refractivity contribution in [3.63, 3.8) is 0 Å². The van der Waals surface area contributed by atoms with E-state index in [4.69, 9.17) is 9.47 Å². The van der Waals surface area contributed by atoms with Crippen molar-refractivity contribution in [3.8, 4) is 17.1 Å². The summed E-state index contributed by atoms with van der Waals surface area (Å²) >= 11 is 0. The SMILES string of the molecule is O=C(NC1CCC2(CC1)OCCO2)c1cc(-c2ccccc2)n(-c2ccccn2)n1. The summed E-state index contributed by atoms with van der Waals surface area (Å²) in [7, 11) is 0. The average Bonchev–Trinajstić information content (AvgIpc) is 3.45. The van der Waals surface area contributed by atoms with Gasteiger partial charge in [-0.05, 0) is 31.0 Å². The predicted octanol–water partition coefficient (Wildman–Crippen LogP) is 3.35. The van der Waals surface area contributed by atoms with Crippen LogP contribution in [0.5, 0.6) is 0 Å². The molecule has 7 heteroatoms. The van der Waals surface area contributed by atoms with Gasteiger partial charge in [0.2, 0.25) is 0 Å². The third-order valence-corrected chi connectivity index (χ3v) is 5.77. The fourth-order valence-corrected chi connectivity index (χ4v) is 4.21. The molecule has 1 spiro atoms. The van der Waals surface area contributed by atoms with Gasteiger partial charge in [-0.3, -0.25) is 4.79 Å². The molecule has 2 aromatic heterocycles. The van der Waals surface area contributed by atoms with Crippen LogP contribution in [0.4, 0.5) is 0 Å². The lowest BCUT2D eigenvalue weighted by Crippen LogP contribution is -2.44. The van der Waals surface area contributed by atoms with Crippen molar-refractivity contribution in [3.05, 3.63) is 66.5 Å². The number of aromatic nitrogens is 3. The number of hydrogen-bond donors (Lipinski definition) is 1. The van der Waals surface area contributed by atoms with E-state index in [2.05, 4.69) is 15.4 Å². The second-order valence-electron chi connectivity index (χ2n) is 7.74. The summed E-state index contributed by atoms with van der Waals surface area (Å²) < 4.78 is 13.3. The van der Waals surface area contributed by atoms with E-state index < -0.39 is 5.79 Å². The van der Waals surface area contributed by atoms with Crippen LogP contribution in [-0.4, -0.2) is 45.7 Å². The van der Waals surface area contributed by atoms with Gasteiger partial charge in [0.05, 0.1) is 18.9 Å². The lowest BCUT2D eigenvalue weighted by Gasteiger charge is -2.35. The molecule has 1 aliphatic heterocycles. The summed E-state index contributed by atoms with van der Waals surface area (Å²) in [6, 6.07) is 17.5. The minimum absolute atomic E-state index is 0.0936. The molecule has 7 nitrogen and oxygen atoms in total. The van der Waals surface area contributed by atoms with E-state index in [1.165, 1.54) is 0 Å². The van der Waals surface area contributed by atoms with Crippen LogP contribution in [0.15, 0.2) is 60.8 Å². The third kappa shape index (κ3) is 3.74. The van der Waals surface area contributed by atoms with Gasteiger partial charge in [0.15, 0.2) is 17.3 Å². The van der Waals surface area contributed by atoms with Gasteiger partial charge < -0.3 is 14.8 Å². The van der Waals surface area contributed by atoms with Gasteiger partial charge in [0.1, 0.15) is 0 Å². The van der Waals surface area contributed by atoms with E-state index in [9.17, 15) is 4.79 Å². The zero-order chi connectivity index (χ0) is 20.4. The summed E-state index contributed by atoms with van der Waals surface area (Å²) in [5.74, 6) is 0.0732. The highest BCUT2D eigenvalue weighted by molar-refractivity contribution is 5.93. The average molecular weight is 404 g/mol. The molecule has 154 valence electrons. The van der Waals surface area contributed by atoms with Gasteiger partial charge in [-0.2, -0.15) is 5.10 Å². The van der Waals surface area contributed by atoms with Crippen LogP contribution >= 0.6 is 0 Å². The van der Waals surface area contributed by atoms with Gasteiger partial charge in [-0.1, -0.05) is 36.4 Å². The Morgan fingerprint density at radius 2 is 1.77 bits per heavy atom. The van der Waals surface area contributed by atoms with E-state index in [1.807, 2.05) is 54.6 Å². The Bertz CT molecular complexity index is 946. The van der Waals surface area contributed by atoms with Gasteiger partial charge in [0, 0.05) is 30.6 Å². The Kier molecular flexibility index (Phi) is 5.06. The Labute approximate surface area is 175 Å². The molecule has 1 aromatic carbocycles. The van der Waals surface area contributed by atoms with Crippen molar-refractivity contribution in [1.29, 1.82) is 0 Å². The van der Waals surface area contributed by atoms with Crippen LogP contribution in [0.3, 0.4) is 0 Å². The molecular weight excluding hydrogens is 380 g/mol. The molecule has 1 N–H and O–H groups in total. The van der Waals surface area contributed by atoms with E-state index in [1.54, 1.807) is 10.9 Å². The maximum Gasteiger partial charge on any atom is 0.272 e. The Morgan fingerprint density at radius 1 is 1.03 bits per heavy atom. The maximum absolute atomic E-state index is 13.0. The molecule has 3 aromatic rings. The van der Waals surface area contributed by atoms with Crippen LogP contribution in [0.2, 0.25) is 0 Å². The summed E-state index contributed by atoms with van der Waals surface area (Å²) in [4.78, 5) is 17.4. The molecule has 1 saturated carbocycles. The molecule has 5 rings (SSSR count). The van der Waals surface area contributed by atoms with E-state index in [0.29, 0.717) is 24.7 Å². The van der Waals surface area contributed by atoms with Crippen LogP contribution in [0.1, 0.15) is 36.2 Å². The van der Waals surface area contributed by atoms with Crippen LogP contribution in [-0.2, 0) is 9.47 Å². The molecule has 1 amide bonds. The molecule has 30 heavy (non-hydrogen) atoms. The number of carbonyl (C=O) groups is 1. The lowest BCUT2D eigenvalue weighted by molar-refractivity contribution is -0.179. The van der Waals surface area contributed by atoms with Crippen LogP contribution in [0, 0.1) is 0 Å². The Morgan fingerprint density at radius 3 is 2.47 bits per heavy atom. The summed E-state index contributed by atoms with van der Waals surface area (Å²) in [6.07, 6.45) is 4.98. The first kappa shape index (κ1) is 19.0. The molecule has 3 heterocycles. The van der Waals surface area contributed by atoms with Crippen molar-refractivity contribution in [2.24, 2.45) is 0 Å². The normalized spacial score (nSPS) is 18.5. The quantitative estimate of drug-likeness (QED) is 0.722. The molecule has 1 saturated heterocycles. The molecule has 0 atom stereocenters. The first-order valence-corrected chi connectivity index (χ1v) is 10.4. The standard InChI is InChI=1S/C23H24N4O3/c28-22(25-18-9-11-23(12-10-18)29-14-15-30-23)19-16-20(17-6-2-1-3-7-17)27(26-19)21-8-4-5-13-24-21/h1-8,13,16,18H,9-12,14-15H2,(H,25,28). The highest BCUT2D eigenvalue weighted by Crippen LogP contribution is 2.35. The summed E-state index contributed by atoms with van der Waals surface area (Å²) in [6.45, 7) is 1.31. The van der Waals surface area contributed by atoms with Crippen molar-refractivity contribution in [2.45, 2.75) is 37.5 Å². The fourth-order valence-electron chi connectivity index (χ4n) is 4.21. The van der Waals surface area contributed by atoms with E-state index >= 15 is 0 Å². The topological polar surface area (TPSA) is 78.3 Å². The smallest absolute Gasteiger partial charge is 0.272 e. The predicted molar refractivity (Wildman–Crippen MR) is 111 cm³/mol. The number of nitrogens with one attached hydrogen (secondary N) is 1. The number of hydrogen-bond acceptors (Lipinski definition) is 5. The summed E-state index contributed by atoms with van der Waals surface area (Å²) in [5.41, 5.74) is 2.19.